The summed E-state index contributed by atoms with van der Waals surface area (Å²) in [7, 11) is 0. The second-order valence-electron chi connectivity index (χ2n) is 4.89. The Bertz CT molecular complexity index is 752. The molecule has 0 unspecified atom stereocenters. The number of para-hydroxylation sites is 1. The molecule has 0 saturated heterocycles. The van der Waals surface area contributed by atoms with E-state index in [1.54, 1.807) is 18.2 Å². The molecule has 5 heteroatoms. The van der Waals surface area contributed by atoms with Gasteiger partial charge in [-0.15, -0.1) is 0 Å². The molecule has 3 rings (SSSR count). The molecular weight excluding hydrogens is 297 g/mol. The van der Waals surface area contributed by atoms with Gasteiger partial charge < -0.3 is 9.47 Å². The van der Waals surface area contributed by atoms with Gasteiger partial charge in [0.15, 0.2) is 5.70 Å². The lowest BCUT2D eigenvalue weighted by atomic mass is 10.2. The zero-order chi connectivity index (χ0) is 16.1. The fourth-order valence-corrected chi connectivity index (χ4v) is 2.05. The molecule has 0 saturated carbocycles. The van der Waals surface area contributed by atoms with Crippen LogP contribution in [-0.2, 0) is 9.53 Å². The Morgan fingerprint density at radius 3 is 2.57 bits per heavy atom. The predicted octanol–water partition coefficient (Wildman–Crippen LogP) is 3.59. The van der Waals surface area contributed by atoms with Crippen LogP contribution in [0.1, 0.15) is 12.0 Å². The molecule has 0 aliphatic carbocycles. The molecule has 0 N–H and O–H groups in total. The number of halogens is 1. The van der Waals surface area contributed by atoms with Crippen molar-refractivity contribution in [2.75, 3.05) is 6.61 Å². The van der Waals surface area contributed by atoms with E-state index in [1.807, 2.05) is 30.3 Å². The van der Waals surface area contributed by atoms with Gasteiger partial charge in [-0.2, -0.15) is 0 Å². The molecule has 1 aliphatic rings. The molecule has 0 spiro atoms. The van der Waals surface area contributed by atoms with Crippen molar-refractivity contribution in [3.05, 3.63) is 71.7 Å². The van der Waals surface area contributed by atoms with Crippen molar-refractivity contribution in [1.82, 2.24) is 0 Å². The maximum atomic E-state index is 12.9. The third kappa shape index (κ3) is 4.03. The first-order valence-corrected chi connectivity index (χ1v) is 7.15. The summed E-state index contributed by atoms with van der Waals surface area (Å²) in [5.74, 6) is 0.228. The number of ether oxygens (including phenoxy) is 2. The molecule has 0 bridgehead atoms. The highest BCUT2D eigenvalue weighted by Gasteiger charge is 2.22. The first kappa shape index (κ1) is 15.0. The van der Waals surface area contributed by atoms with Crippen molar-refractivity contribution in [2.45, 2.75) is 6.42 Å². The van der Waals surface area contributed by atoms with Crippen LogP contribution in [-0.4, -0.2) is 18.5 Å². The third-order valence-electron chi connectivity index (χ3n) is 3.17. The van der Waals surface area contributed by atoms with E-state index in [9.17, 15) is 9.18 Å². The number of hydrogen-bond acceptors (Lipinski definition) is 4. The normalized spacial score (nSPS) is 15.4. The largest absolute Gasteiger partial charge is 0.493 e. The van der Waals surface area contributed by atoms with Crippen LogP contribution >= 0.6 is 0 Å². The highest BCUT2D eigenvalue weighted by atomic mass is 19.1. The molecule has 1 heterocycles. The molecule has 2 aromatic rings. The number of carbonyl (C=O) groups excluding carboxylic acids is 1. The van der Waals surface area contributed by atoms with Crippen molar-refractivity contribution in [3.63, 3.8) is 0 Å². The molecule has 0 fully saturated rings. The molecule has 0 radical (unpaired) electrons. The minimum absolute atomic E-state index is 0.200. The Morgan fingerprint density at radius 1 is 1.09 bits per heavy atom. The zero-order valence-corrected chi connectivity index (χ0v) is 12.2. The van der Waals surface area contributed by atoms with E-state index in [2.05, 4.69) is 4.99 Å². The summed E-state index contributed by atoms with van der Waals surface area (Å²) in [6.45, 7) is 0.361. The Morgan fingerprint density at radius 2 is 1.83 bits per heavy atom. The van der Waals surface area contributed by atoms with Crippen LogP contribution in [0.2, 0.25) is 0 Å². The Kier molecular flexibility index (Phi) is 4.47. The van der Waals surface area contributed by atoms with E-state index >= 15 is 0 Å². The topological polar surface area (TPSA) is 47.9 Å². The number of benzene rings is 2. The van der Waals surface area contributed by atoms with Crippen LogP contribution in [0, 0.1) is 5.82 Å². The van der Waals surface area contributed by atoms with E-state index in [4.69, 9.17) is 9.47 Å². The minimum atomic E-state index is -0.510. The molecule has 0 aromatic heterocycles. The zero-order valence-electron chi connectivity index (χ0n) is 12.2. The maximum Gasteiger partial charge on any atom is 0.363 e. The fourth-order valence-electron chi connectivity index (χ4n) is 2.05. The molecule has 116 valence electrons. The number of esters is 1. The van der Waals surface area contributed by atoms with Gasteiger partial charge >= 0.3 is 5.97 Å². The predicted molar refractivity (Wildman–Crippen MR) is 84.5 cm³/mol. The number of rotatable bonds is 5. The number of cyclic esters (lactones) is 1. The molecule has 0 amide bonds. The summed E-state index contributed by atoms with van der Waals surface area (Å²) < 4.78 is 23.5. The number of hydrogen-bond donors (Lipinski definition) is 0. The van der Waals surface area contributed by atoms with Crippen LogP contribution in [0.15, 0.2) is 65.3 Å². The highest BCUT2D eigenvalue weighted by Crippen LogP contribution is 2.17. The van der Waals surface area contributed by atoms with E-state index in [-0.39, 0.29) is 11.5 Å². The monoisotopic (exact) mass is 311 g/mol. The Hall–Kier alpha value is -2.95. The minimum Gasteiger partial charge on any atom is -0.493 e. The average Bonchev–Trinajstić information content (AvgIpc) is 2.90. The lowest BCUT2D eigenvalue weighted by Gasteiger charge is -2.04. The van der Waals surface area contributed by atoms with E-state index in [1.165, 1.54) is 12.1 Å². The summed E-state index contributed by atoms with van der Waals surface area (Å²) in [4.78, 5) is 15.9. The van der Waals surface area contributed by atoms with Gasteiger partial charge in [0.05, 0.1) is 13.0 Å². The second-order valence-corrected chi connectivity index (χ2v) is 4.89. The van der Waals surface area contributed by atoms with Gasteiger partial charge in [-0.05, 0) is 35.9 Å². The van der Waals surface area contributed by atoms with Gasteiger partial charge in [-0.1, -0.05) is 30.3 Å². The van der Waals surface area contributed by atoms with Crippen molar-refractivity contribution in [3.8, 4) is 5.75 Å². The summed E-state index contributed by atoms with van der Waals surface area (Å²) in [5, 5.41) is 0. The van der Waals surface area contributed by atoms with Gasteiger partial charge in [0.2, 0.25) is 5.90 Å². The lowest BCUT2D eigenvalue weighted by molar-refractivity contribution is -0.130. The quantitative estimate of drug-likeness (QED) is 0.626. The van der Waals surface area contributed by atoms with Gasteiger partial charge in [-0.3, -0.25) is 0 Å². The van der Waals surface area contributed by atoms with E-state index < -0.39 is 5.97 Å². The van der Waals surface area contributed by atoms with Crippen molar-refractivity contribution in [1.29, 1.82) is 0 Å². The Labute approximate surface area is 132 Å². The van der Waals surface area contributed by atoms with Gasteiger partial charge in [0.1, 0.15) is 11.6 Å². The van der Waals surface area contributed by atoms with Gasteiger partial charge in [-0.25, -0.2) is 14.2 Å². The standard InChI is InChI=1S/C18H14FNO3/c19-14-8-6-13(7-9-14)12-16-18(21)23-17(20-16)10-11-22-15-4-2-1-3-5-15/h1-9,12H,10-11H2/b16-12+. The highest BCUT2D eigenvalue weighted by molar-refractivity contribution is 6.07. The number of carbonyl (C=O) groups is 1. The lowest BCUT2D eigenvalue weighted by Crippen LogP contribution is -2.08. The average molecular weight is 311 g/mol. The van der Waals surface area contributed by atoms with E-state index in [0.29, 0.717) is 24.5 Å². The van der Waals surface area contributed by atoms with Crippen molar-refractivity contribution >= 4 is 17.9 Å². The molecular formula is C18H14FNO3. The SMILES string of the molecule is O=C1OC(CCOc2ccccc2)=N/C1=C/c1ccc(F)cc1. The smallest absolute Gasteiger partial charge is 0.363 e. The molecule has 2 aromatic carbocycles. The summed E-state index contributed by atoms with van der Waals surface area (Å²) >= 11 is 0. The molecule has 0 atom stereocenters. The molecule has 23 heavy (non-hydrogen) atoms. The Balaban J connectivity index is 1.61. The first-order chi connectivity index (χ1) is 11.2. The second kappa shape index (κ2) is 6.87. The van der Waals surface area contributed by atoms with Gasteiger partial charge in [0.25, 0.3) is 0 Å². The molecule has 4 nitrogen and oxygen atoms in total. The summed E-state index contributed by atoms with van der Waals surface area (Å²) in [6.07, 6.45) is 1.95. The summed E-state index contributed by atoms with van der Waals surface area (Å²) in [6, 6.07) is 15.2. The first-order valence-electron chi connectivity index (χ1n) is 7.15. The van der Waals surface area contributed by atoms with E-state index in [0.717, 1.165) is 5.75 Å². The third-order valence-corrected chi connectivity index (χ3v) is 3.17. The van der Waals surface area contributed by atoms with Crippen LogP contribution in [0.25, 0.3) is 6.08 Å². The number of nitrogens with zero attached hydrogens (tertiary/aromatic N) is 1. The van der Waals surface area contributed by atoms with Gasteiger partial charge in [0, 0.05) is 0 Å². The summed E-state index contributed by atoms with van der Waals surface area (Å²) in [5.41, 5.74) is 0.884. The maximum absolute atomic E-state index is 12.9. The van der Waals surface area contributed by atoms with Crippen LogP contribution in [0.4, 0.5) is 4.39 Å². The molecule has 1 aliphatic heterocycles. The van der Waals surface area contributed by atoms with Crippen LogP contribution in [0.3, 0.4) is 0 Å². The van der Waals surface area contributed by atoms with Crippen molar-refractivity contribution in [2.24, 2.45) is 4.99 Å². The fraction of sp³-hybridized carbons (Fsp3) is 0.111. The van der Waals surface area contributed by atoms with Crippen LogP contribution in [0.5, 0.6) is 5.75 Å². The number of aliphatic imine (C=N–C) groups is 1. The van der Waals surface area contributed by atoms with Crippen molar-refractivity contribution < 1.29 is 18.7 Å². The van der Waals surface area contributed by atoms with Crippen LogP contribution < -0.4 is 4.74 Å².